The maximum absolute atomic E-state index is 2.38. The Hall–Kier alpha value is -8.52. The van der Waals surface area contributed by atoms with E-state index >= 15 is 0 Å². The Labute approximate surface area is 387 Å². The van der Waals surface area contributed by atoms with Crippen LogP contribution in [0.25, 0.3) is 66.4 Å². The molecule has 0 fully saturated rings. The molecule has 1 heteroatoms. The summed E-state index contributed by atoms with van der Waals surface area (Å²) in [5.74, 6) is 0. The molecule has 0 bridgehead atoms. The minimum atomic E-state index is -0.450. The minimum absolute atomic E-state index is 0.450. The zero-order valence-electron chi connectivity index (χ0n) is 36.4. The molecule has 0 N–H and O–H groups in total. The summed E-state index contributed by atoms with van der Waals surface area (Å²) in [5.41, 5.74) is 20.1. The van der Waals surface area contributed by atoms with Crippen molar-refractivity contribution in [1.29, 1.82) is 0 Å². The second-order valence-electron chi connectivity index (χ2n) is 17.2. The fourth-order valence-electron chi connectivity index (χ4n) is 10.5. The van der Waals surface area contributed by atoms with Crippen molar-refractivity contribution in [2.24, 2.45) is 0 Å². The molecule has 0 aliphatic heterocycles. The van der Waals surface area contributed by atoms with Crippen molar-refractivity contribution in [3.8, 4) is 55.6 Å². The standard InChI is InChI=1S/C65H45N/c1-4-17-46(18-5-1)53-23-15-28-59(45-53)66(57-39-35-48(36-40-57)51-21-14-22-52(43-51)54-34-33-47-19-10-11-20-50(47)44-54)58-41-37-49(38-42-58)60-30-16-32-63-64(60)61-29-12-13-31-62(61)65(63,55-24-6-2-7-25-55)56-26-8-3-9-27-56/h1-45H. The molecule has 0 radical (unpaired) electrons. The van der Waals surface area contributed by atoms with Crippen molar-refractivity contribution >= 4 is 27.8 Å². The van der Waals surface area contributed by atoms with E-state index in [1.807, 2.05) is 0 Å². The van der Waals surface area contributed by atoms with E-state index in [4.69, 9.17) is 0 Å². The normalized spacial score (nSPS) is 12.4. The quantitative estimate of drug-likeness (QED) is 0.140. The second-order valence-corrected chi connectivity index (χ2v) is 17.2. The van der Waals surface area contributed by atoms with E-state index in [0.717, 1.165) is 17.1 Å². The Balaban J connectivity index is 0.950. The van der Waals surface area contributed by atoms with Gasteiger partial charge >= 0.3 is 0 Å². The highest BCUT2D eigenvalue weighted by molar-refractivity contribution is 5.96. The molecule has 0 amide bonds. The van der Waals surface area contributed by atoms with Crippen molar-refractivity contribution in [2.75, 3.05) is 4.90 Å². The Kier molecular flexibility index (Phi) is 9.81. The van der Waals surface area contributed by atoms with Gasteiger partial charge in [-0.05, 0) is 137 Å². The summed E-state index contributed by atoms with van der Waals surface area (Å²) < 4.78 is 0. The van der Waals surface area contributed by atoms with Gasteiger partial charge in [-0.3, -0.25) is 0 Å². The molecule has 0 saturated carbocycles. The summed E-state index contributed by atoms with van der Waals surface area (Å²) in [7, 11) is 0. The summed E-state index contributed by atoms with van der Waals surface area (Å²) >= 11 is 0. The highest BCUT2D eigenvalue weighted by Crippen LogP contribution is 2.58. The third kappa shape index (κ3) is 6.73. The first-order valence-electron chi connectivity index (χ1n) is 22.8. The van der Waals surface area contributed by atoms with Gasteiger partial charge in [0.1, 0.15) is 0 Å². The fourth-order valence-corrected chi connectivity index (χ4v) is 10.5. The number of anilines is 3. The molecule has 0 spiro atoms. The monoisotopic (exact) mass is 839 g/mol. The number of hydrogen-bond acceptors (Lipinski definition) is 1. The van der Waals surface area contributed by atoms with Crippen LogP contribution in [0.3, 0.4) is 0 Å². The molecule has 0 unspecified atom stereocenters. The van der Waals surface area contributed by atoms with Gasteiger partial charge in [-0.15, -0.1) is 0 Å². The van der Waals surface area contributed by atoms with E-state index in [0.29, 0.717) is 0 Å². The number of fused-ring (bicyclic) bond motifs is 4. The van der Waals surface area contributed by atoms with Crippen molar-refractivity contribution in [2.45, 2.75) is 5.41 Å². The summed E-state index contributed by atoms with van der Waals surface area (Å²) in [6, 6.07) is 99.9. The van der Waals surface area contributed by atoms with Gasteiger partial charge in [0.15, 0.2) is 0 Å². The topological polar surface area (TPSA) is 3.24 Å². The first kappa shape index (κ1) is 39.1. The third-order valence-corrected chi connectivity index (χ3v) is 13.5. The Morgan fingerprint density at radius 3 is 1.39 bits per heavy atom. The zero-order valence-corrected chi connectivity index (χ0v) is 36.4. The number of rotatable bonds is 9. The lowest BCUT2D eigenvalue weighted by Crippen LogP contribution is -2.28. The molecule has 310 valence electrons. The second kappa shape index (κ2) is 16.6. The average Bonchev–Trinajstić information content (AvgIpc) is 3.71. The van der Waals surface area contributed by atoms with E-state index in [9.17, 15) is 0 Å². The molecule has 1 aliphatic carbocycles. The van der Waals surface area contributed by atoms with Crippen molar-refractivity contribution in [3.63, 3.8) is 0 Å². The van der Waals surface area contributed by atoms with Crippen LogP contribution in [0, 0.1) is 0 Å². The van der Waals surface area contributed by atoms with Crippen molar-refractivity contribution < 1.29 is 0 Å². The summed E-state index contributed by atoms with van der Waals surface area (Å²) in [6.45, 7) is 0. The lowest BCUT2D eigenvalue weighted by atomic mass is 9.67. The van der Waals surface area contributed by atoms with E-state index < -0.39 is 5.41 Å². The molecule has 12 rings (SSSR count). The average molecular weight is 840 g/mol. The number of hydrogen-bond donors (Lipinski definition) is 0. The SMILES string of the molecule is c1ccc(-c2cccc(N(c3ccc(-c4cccc(-c5ccc6ccccc6c5)c4)cc3)c3ccc(-c4cccc5c4-c4ccccc4C5(c4ccccc4)c4ccccc4)cc3)c2)cc1. The van der Waals surface area contributed by atoms with E-state index in [1.54, 1.807) is 0 Å². The third-order valence-electron chi connectivity index (χ3n) is 13.5. The summed E-state index contributed by atoms with van der Waals surface area (Å²) in [4.78, 5) is 2.38. The first-order valence-corrected chi connectivity index (χ1v) is 22.8. The first-order chi connectivity index (χ1) is 32.7. The number of nitrogens with zero attached hydrogens (tertiary/aromatic N) is 1. The summed E-state index contributed by atoms with van der Waals surface area (Å²) in [6.07, 6.45) is 0. The maximum Gasteiger partial charge on any atom is 0.0713 e. The van der Waals surface area contributed by atoms with Gasteiger partial charge < -0.3 is 4.90 Å². The Bertz CT molecular complexity index is 3460. The minimum Gasteiger partial charge on any atom is -0.310 e. The van der Waals surface area contributed by atoms with Crippen LogP contribution < -0.4 is 4.90 Å². The van der Waals surface area contributed by atoms with Crippen LogP contribution in [-0.4, -0.2) is 0 Å². The highest BCUT2D eigenvalue weighted by atomic mass is 15.1. The van der Waals surface area contributed by atoms with Crippen LogP contribution in [0.1, 0.15) is 22.3 Å². The van der Waals surface area contributed by atoms with Gasteiger partial charge in [-0.1, -0.05) is 224 Å². The van der Waals surface area contributed by atoms with Gasteiger partial charge in [0.05, 0.1) is 5.41 Å². The van der Waals surface area contributed by atoms with Crippen LogP contribution >= 0.6 is 0 Å². The molecule has 0 saturated heterocycles. The maximum atomic E-state index is 2.38. The number of benzene rings is 11. The lowest BCUT2D eigenvalue weighted by Gasteiger charge is -2.34. The van der Waals surface area contributed by atoms with Crippen molar-refractivity contribution in [3.05, 3.63) is 295 Å². The van der Waals surface area contributed by atoms with Gasteiger partial charge in [-0.25, -0.2) is 0 Å². The Morgan fingerprint density at radius 2 is 0.697 bits per heavy atom. The molecule has 0 aromatic heterocycles. The van der Waals surface area contributed by atoms with Crippen LogP contribution in [0.5, 0.6) is 0 Å². The molecule has 0 atom stereocenters. The molecule has 11 aromatic rings. The van der Waals surface area contributed by atoms with Gasteiger partial charge in [-0.2, -0.15) is 0 Å². The Morgan fingerprint density at radius 1 is 0.242 bits per heavy atom. The van der Waals surface area contributed by atoms with E-state index in [1.165, 1.54) is 88.7 Å². The zero-order chi connectivity index (χ0) is 43.9. The smallest absolute Gasteiger partial charge is 0.0713 e. The van der Waals surface area contributed by atoms with Crippen LogP contribution in [0.2, 0.25) is 0 Å². The van der Waals surface area contributed by atoms with E-state index in [2.05, 4.69) is 278 Å². The van der Waals surface area contributed by atoms with Gasteiger partial charge in [0.2, 0.25) is 0 Å². The molecule has 11 aromatic carbocycles. The van der Waals surface area contributed by atoms with Crippen LogP contribution in [0.15, 0.2) is 273 Å². The van der Waals surface area contributed by atoms with Crippen LogP contribution in [0.4, 0.5) is 17.1 Å². The van der Waals surface area contributed by atoms with Gasteiger partial charge in [0.25, 0.3) is 0 Å². The van der Waals surface area contributed by atoms with Gasteiger partial charge in [0, 0.05) is 17.1 Å². The molecular weight excluding hydrogens is 795 g/mol. The lowest BCUT2D eigenvalue weighted by molar-refractivity contribution is 0.768. The van der Waals surface area contributed by atoms with E-state index in [-0.39, 0.29) is 0 Å². The molecular formula is C65H45N. The molecule has 66 heavy (non-hydrogen) atoms. The largest absolute Gasteiger partial charge is 0.310 e. The predicted octanol–water partition coefficient (Wildman–Crippen LogP) is 17.3. The molecule has 1 aliphatic rings. The fraction of sp³-hybridized carbons (Fsp3) is 0.0154. The highest BCUT2D eigenvalue weighted by Gasteiger charge is 2.46. The molecule has 0 heterocycles. The molecule has 1 nitrogen and oxygen atoms in total. The van der Waals surface area contributed by atoms with Crippen molar-refractivity contribution in [1.82, 2.24) is 0 Å². The summed E-state index contributed by atoms with van der Waals surface area (Å²) in [5, 5.41) is 2.50. The predicted molar refractivity (Wildman–Crippen MR) is 278 cm³/mol. The van der Waals surface area contributed by atoms with Crippen LogP contribution in [-0.2, 0) is 5.41 Å².